The lowest BCUT2D eigenvalue weighted by Gasteiger charge is -2.72. The second-order valence-electron chi connectivity index (χ2n) is 51.0. The quantitative estimate of drug-likeness (QED) is 0.181. The van der Waals surface area contributed by atoms with Crippen LogP contribution in [0.4, 0.5) is 0 Å². The summed E-state index contributed by atoms with van der Waals surface area (Å²) in [5, 5.41) is 0. The van der Waals surface area contributed by atoms with E-state index in [1.807, 2.05) is 0 Å². The summed E-state index contributed by atoms with van der Waals surface area (Å²) in [6, 6.07) is 9.67. The molecule has 4 heterocycles. The Labute approximate surface area is 715 Å². The van der Waals surface area contributed by atoms with Crippen molar-refractivity contribution in [2.75, 3.05) is 6.54 Å². The van der Waals surface area contributed by atoms with Crippen LogP contribution < -0.4 is 0 Å². The third kappa shape index (κ3) is 14.1. The van der Waals surface area contributed by atoms with Gasteiger partial charge in [-0.25, -0.2) is 0 Å². The molecule has 4 nitrogen and oxygen atoms in total. The summed E-state index contributed by atoms with van der Waals surface area (Å²) in [7, 11) is 0. The van der Waals surface area contributed by atoms with E-state index in [0.29, 0.717) is 0 Å². The normalized spacial score (nSPS) is 51.9. The van der Waals surface area contributed by atoms with Crippen LogP contribution in [-0.4, -0.2) is 99.3 Å². The molecule has 24 fully saturated rings. The van der Waals surface area contributed by atoms with E-state index >= 15 is 0 Å². The van der Waals surface area contributed by atoms with Crippen LogP contribution >= 0.6 is 0 Å². The molecule has 0 radical (unpaired) electrons. The Morgan fingerprint density at radius 1 is 0.181 bits per heavy atom. The zero-order valence-corrected chi connectivity index (χ0v) is 75.5. The van der Waals surface area contributed by atoms with Crippen molar-refractivity contribution in [2.24, 2.45) is 160 Å². The largest absolute Gasteiger partial charge is 0.297 e. The first kappa shape index (κ1) is 79.3. The number of hydrogen-bond donors (Lipinski definition) is 0. The molecule has 20 saturated carbocycles. The van der Waals surface area contributed by atoms with Crippen molar-refractivity contribution < 1.29 is 0 Å². The predicted molar refractivity (Wildman–Crippen MR) is 484 cm³/mol. The van der Waals surface area contributed by atoms with Gasteiger partial charge in [0.2, 0.25) is 0 Å². The second-order valence-corrected chi connectivity index (χ2v) is 51.0. The molecule has 4 aliphatic heterocycles. The molecule has 0 N–H and O–H groups in total. The van der Waals surface area contributed by atoms with Gasteiger partial charge in [-0.15, -0.1) is 0 Å². The number of likely N-dealkylation sites (tertiary alicyclic amines) is 2. The summed E-state index contributed by atoms with van der Waals surface area (Å²) in [4.78, 5) is 15.5. The molecular weight excluding hydrogens is 1400 g/mol. The molecule has 0 spiro atoms. The monoisotopic (exact) mass is 1580 g/mol. The highest BCUT2D eigenvalue weighted by atomic mass is 15.3. The molecule has 33 atom stereocenters. The topological polar surface area (TPSA) is 13.0 Å². The molecule has 648 valence electrons. The van der Waals surface area contributed by atoms with Gasteiger partial charge in [-0.05, 0) is 325 Å². The van der Waals surface area contributed by atoms with Gasteiger partial charge in [-0.3, -0.25) is 19.6 Å². The molecule has 24 rings (SSSR count). The fraction of sp³-hybridized carbons (Fsp3) is 1.00. The average Bonchev–Trinajstić information content (AvgIpc) is 0.814. The van der Waals surface area contributed by atoms with E-state index in [4.69, 9.17) is 0 Å². The summed E-state index contributed by atoms with van der Waals surface area (Å²) in [6.45, 7) is 2.53. The number of hydrogen-bond acceptors (Lipinski definition) is 4. The van der Waals surface area contributed by atoms with Crippen LogP contribution in [0, 0.1) is 160 Å². The van der Waals surface area contributed by atoms with Crippen LogP contribution in [0.3, 0.4) is 0 Å². The van der Waals surface area contributed by atoms with Crippen LogP contribution in [0.1, 0.15) is 443 Å². The van der Waals surface area contributed by atoms with Crippen LogP contribution in [0.2, 0.25) is 17.5 Å². The third-order valence-electron chi connectivity index (χ3n) is 47.3. The lowest BCUT2D eigenvalue weighted by molar-refractivity contribution is -0.162. The van der Waals surface area contributed by atoms with Crippen molar-refractivity contribution in [1.82, 2.24) is 19.6 Å². The predicted octanol–water partition coefficient (Wildman–Crippen LogP) is 28.7. The molecule has 0 bridgehead atoms. The minimum Gasteiger partial charge on any atom is -0.297 e. The summed E-state index contributed by atoms with van der Waals surface area (Å²) >= 11 is 0. The van der Waals surface area contributed by atoms with Crippen molar-refractivity contribution in [1.29, 1.82) is 0 Å². The maximum Gasteiger partial charge on any atom is 0.156 e. The van der Waals surface area contributed by atoms with E-state index in [1.165, 1.54) is 6.54 Å². The van der Waals surface area contributed by atoms with Crippen molar-refractivity contribution >= 4 is 6.71 Å². The van der Waals surface area contributed by atoms with Gasteiger partial charge in [0.15, 0.2) is 6.71 Å². The highest BCUT2D eigenvalue weighted by Crippen LogP contribution is 2.72. The van der Waals surface area contributed by atoms with E-state index in [2.05, 4.69) is 19.6 Å². The van der Waals surface area contributed by atoms with Gasteiger partial charge in [-0.1, -0.05) is 295 Å². The summed E-state index contributed by atoms with van der Waals surface area (Å²) in [5.41, 5.74) is 0. The number of fused-ring (bicyclic) bond motifs is 12. The highest BCUT2D eigenvalue weighted by Gasteiger charge is 2.71. The van der Waals surface area contributed by atoms with Gasteiger partial charge in [0.25, 0.3) is 0 Å². The first-order valence-electron chi connectivity index (χ1n) is 56.7. The second kappa shape index (κ2) is 34.5. The zero-order chi connectivity index (χ0) is 76.1. The molecule has 23 unspecified atom stereocenters. The smallest absolute Gasteiger partial charge is 0.156 e. The van der Waals surface area contributed by atoms with Crippen molar-refractivity contribution in [3.05, 3.63) is 0 Å². The van der Waals surface area contributed by atoms with Gasteiger partial charge in [0.05, 0.1) is 0 Å². The lowest BCUT2D eigenvalue weighted by atomic mass is 9.18. The van der Waals surface area contributed by atoms with E-state index in [-0.39, 0.29) is 0 Å². The molecule has 116 heavy (non-hydrogen) atoms. The van der Waals surface area contributed by atoms with Crippen LogP contribution in [0.5, 0.6) is 0 Å². The Hall–Kier alpha value is -0.0951. The maximum atomic E-state index is 4.15. The SMILES string of the molecule is C1CCC(C2CC(C3CCCCC3)C(N3C4CC(C5CCC6C7CCC[C@@H]8CCCC(C78)C7CCCC5[C@@H]76)CCC4B4C5C3CC(CN3C6CCCC[C@@H]6C6CCCC[C@@H]63)CC5N(C3[C@@H](C5CCCCC5)CC(C5CCCCC5)C[C@H]3C3CCCCC3)C3C[C@@H](N5C6CCCC[C@H]6C6CCCC[C@H]65)CC[C@@H]43)C(C3CCCCC3)C2)CC1. The summed E-state index contributed by atoms with van der Waals surface area (Å²) in [6.07, 6.45) is 110. The number of rotatable bonds is 12. The molecular formula is C111H181BN4. The van der Waals surface area contributed by atoms with Crippen LogP contribution in [0.15, 0.2) is 0 Å². The highest BCUT2D eigenvalue weighted by molar-refractivity contribution is 6.65. The molecule has 4 saturated heterocycles. The molecule has 0 aromatic rings. The zero-order valence-electron chi connectivity index (χ0n) is 75.5. The van der Waals surface area contributed by atoms with E-state index in [9.17, 15) is 0 Å². The Morgan fingerprint density at radius 2 is 0.517 bits per heavy atom. The molecule has 20 aliphatic carbocycles. The molecule has 0 amide bonds. The van der Waals surface area contributed by atoms with Gasteiger partial charge in [-0.2, -0.15) is 0 Å². The fourth-order valence-electron chi connectivity index (χ4n) is 44.0. The summed E-state index contributed by atoms with van der Waals surface area (Å²) in [5.74, 6) is 30.8. The van der Waals surface area contributed by atoms with E-state index in [0.717, 1.165) is 250 Å². The van der Waals surface area contributed by atoms with Crippen molar-refractivity contribution in [3.8, 4) is 0 Å². The van der Waals surface area contributed by atoms with Gasteiger partial charge in [0.1, 0.15) is 0 Å². The van der Waals surface area contributed by atoms with Gasteiger partial charge in [0, 0.05) is 73.0 Å². The summed E-state index contributed by atoms with van der Waals surface area (Å²) < 4.78 is 0. The van der Waals surface area contributed by atoms with E-state index < -0.39 is 0 Å². The Morgan fingerprint density at radius 3 is 0.974 bits per heavy atom. The standard InChI is InChI=1S/C111H181BN4/c1-7-30-72(31-8-1)80-64-93(74-34-11-3-12-35-74)110(94(65-80)75-36-13-4-14-37-75)115-103-68-79(83-58-59-92-90-49-28-43-78-42-27-48-89(107(78)90)91-51-29-50-88(83)108(91)92)56-60-97(103)112-98-61-57-82(114-101-54-25-21-46-86(101)87-47-22-26-55-102(87)114)69-104(98)116(106-63-71(62-105(115)109(106)112)70-113-99-52-23-19-44-84(99)85-45-20-24-53-100(85)113)111-95(76-38-15-5-16-39-76)66-81(73-32-9-2-10-33-73)67-96(111)77-40-17-6-18-41-77/h71-111H,1-70H2/t71?,78-,79?,80?,81?,82-,83?,84+,85?,86-,87?,88?,89?,90?,91?,92?,93?,94?,95-,96+,97?,98+,99?,100-,101?,102+,103?,104?,105?,106?,107?,108-,109?,110?,111?/m0/s1. The third-order valence-corrected chi connectivity index (χ3v) is 47.3. The molecule has 24 aliphatic rings. The first-order chi connectivity index (χ1) is 57.6. The molecule has 5 heteroatoms. The number of nitrogens with zero attached hydrogens (tertiary/aromatic N) is 4. The minimum absolute atomic E-state index is 0.831. The Kier molecular flexibility index (Phi) is 23.6. The minimum atomic E-state index is 0.831. The van der Waals surface area contributed by atoms with Crippen LogP contribution in [0.25, 0.3) is 0 Å². The van der Waals surface area contributed by atoms with Crippen LogP contribution in [-0.2, 0) is 0 Å². The Balaban J connectivity index is 0.694. The van der Waals surface area contributed by atoms with Gasteiger partial charge < -0.3 is 0 Å². The first-order valence-corrected chi connectivity index (χ1v) is 56.7. The van der Waals surface area contributed by atoms with Crippen molar-refractivity contribution in [2.45, 2.75) is 527 Å². The Bertz CT molecular complexity index is 3080. The van der Waals surface area contributed by atoms with E-state index in [1.54, 1.807) is 443 Å². The van der Waals surface area contributed by atoms with Crippen molar-refractivity contribution in [3.63, 3.8) is 0 Å². The average molecular weight is 1580 g/mol. The fourth-order valence-corrected chi connectivity index (χ4v) is 44.0. The molecule has 0 aromatic carbocycles. The van der Waals surface area contributed by atoms with Gasteiger partial charge >= 0.3 is 0 Å². The maximum absolute atomic E-state index is 4.15. The lowest BCUT2D eigenvalue weighted by Crippen LogP contribution is -2.77. The molecule has 0 aromatic heterocycles.